The Morgan fingerprint density at radius 2 is 1.94 bits per heavy atom. The molecule has 0 aliphatic heterocycles. The molecule has 0 aromatic carbocycles. The third kappa shape index (κ3) is 7.16. The van der Waals surface area contributed by atoms with Gasteiger partial charge in [0.25, 0.3) is 0 Å². The van der Waals surface area contributed by atoms with Crippen molar-refractivity contribution in [3.05, 3.63) is 0 Å². The van der Waals surface area contributed by atoms with Crippen LogP contribution in [-0.2, 0) is 19.3 Å². The van der Waals surface area contributed by atoms with Crippen LogP contribution in [0.2, 0.25) is 0 Å². The van der Waals surface area contributed by atoms with Gasteiger partial charge in [0.1, 0.15) is 0 Å². The molecule has 0 aromatic rings. The molecule has 1 atom stereocenters. The Labute approximate surface area is 98.2 Å². The maximum atomic E-state index is 11.7. The van der Waals surface area contributed by atoms with Crippen LogP contribution in [0.4, 0.5) is 0 Å². The van der Waals surface area contributed by atoms with E-state index in [0.29, 0.717) is 39.2 Å². The molecule has 2 N–H and O–H groups in total. The number of hydrogen-bond donors (Lipinski definition) is 1. The van der Waals surface area contributed by atoms with E-state index in [1.165, 1.54) is 0 Å². The Bertz CT molecular complexity index is 254. The first-order valence-corrected chi connectivity index (χ1v) is 7.24. The van der Waals surface area contributed by atoms with Crippen LogP contribution in [0.1, 0.15) is 19.8 Å². The van der Waals surface area contributed by atoms with E-state index in [1.807, 2.05) is 0 Å². The Kier molecular flexibility index (Phi) is 8.83. The van der Waals surface area contributed by atoms with Gasteiger partial charge in [0, 0.05) is 13.7 Å². The summed E-state index contributed by atoms with van der Waals surface area (Å²) < 4.78 is 33.3. The lowest BCUT2D eigenvalue weighted by molar-refractivity contribution is 0.0712. The highest BCUT2D eigenvalue weighted by molar-refractivity contribution is 7.91. The normalized spacial score (nSPS) is 13.9. The van der Waals surface area contributed by atoms with Gasteiger partial charge in [-0.15, -0.1) is 0 Å². The predicted octanol–water partition coefficient (Wildman–Crippen LogP) is 0.192. The lowest BCUT2D eigenvalue weighted by Crippen LogP contribution is -2.24. The summed E-state index contributed by atoms with van der Waals surface area (Å²) in [5, 5.41) is -0.350. The van der Waals surface area contributed by atoms with Gasteiger partial charge in [-0.05, 0) is 26.3 Å². The smallest absolute Gasteiger partial charge is 0.153 e. The highest BCUT2D eigenvalue weighted by atomic mass is 32.2. The first-order chi connectivity index (χ1) is 7.54. The molecule has 5 nitrogen and oxygen atoms in total. The molecule has 0 aromatic heterocycles. The third-order valence-corrected chi connectivity index (χ3v) is 4.66. The van der Waals surface area contributed by atoms with Crippen molar-refractivity contribution in [3.63, 3.8) is 0 Å². The van der Waals surface area contributed by atoms with Gasteiger partial charge < -0.3 is 15.2 Å². The summed E-state index contributed by atoms with van der Waals surface area (Å²) in [6, 6.07) is 0. The molecule has 0 heterocycles. The number of hydrogen-bond acceptors (Lipinski definition) is 5. The second kappa shape index (κ2) is 8.92. The minimum atomic E-state index is -3.01. The summed E-state index contributed by atoms with van der Waals surface area (Å²) >= 11 is 0. The third-order valence-electron chi connectivity index (χ3n) is 2.34. The molecule has 6 heteroatoms. The summed E-state index contributed by atoms with van der Waals surface area (Å²) in [5.74, 6) is 0.168. The molecule has 0 spiro atoms. The Morgan fingerprint density at radius 3 is 2.50 bits per heavy atom. The molecule has 0 saturated heterocycles. The molecule has 98 valence electrons. The average Bonchev–Trinajstić information content (AvgIpc) is 2.23. The van der Waals surface area contributed by atoms with E-state index >= 15 is 0 Å². The standard InChI is InChI=1S/C10H23NO4S/c1-10(4-5-11)16(12,13)9-3-6-15-8-7-14-2/h10H,3-9,11H2,1-2H3. The average molecular weight is 253 g/mol. The second-order valence-electron chi connectivity index (χ2n) is 3.71. The van der Waals surface area contributed by atoms with Crippen molar-refractivity contribution in [2.24, 2.45) is 5.73 Å². The number of nitrogens with two attached hydrogens (primary N) is 1. The van der Waals surface area contributed by atoms with Crippen LogP contribution in [0.15, 0.2) is 0 Å². The SMILES string of the molecule is COCCOCCCS(=O)(=O)C(C)CCN. The molecule has 0 amide bonds. The monoisotopic (exact) mass is 253 g/mol. The Hall–Kier alpha value is -0.170. The highest BCUT2D eigenvalue weighted by Gasteiger charge is 2.19. The minimum absolute atomic E-state index is 0.168. The fourth-order valence-electron chi connectivity index (χ4n) is 1.22. The summed E-state index contributed by atoms with van der Waals surface area (Å²) in [6.45, 7) is 3.61. The number of sulfone groups is 1. The zero-order valence-electron chi connectivity index (χ0n) is 10.1. The maximum Gasteiger partial charge on any atom is 0.153 e. The van der Waals surface area contributed by atoms with E-state index in [-0.39, 0.29) is 11.0 Å². The first kappa shape index (κ1) is 15.8. The highest BCUT2D eigenvalue weighted by Crippen LogP contribution is 2.07. The largest absolute Gasteiger partial charge is 0.382 e. The number of ether oxygens (including phenoxy) is 2. The molecule has 0 saturated carbocycles. The van der Waals surface area contributed by atoms with Gasteiger partial charge in [-0.2, -0.15) is 0 Å². The molecule has 0 aliphatic rings. The maximum absolute atomic E-state index is 11.7. The fourth-order valence-corrected chi connectivity index (χ4v) is 2.64. The van der Waals surface area contributed by atoms with Crippen molar-refractivity contribution in [3.8, 4) is 0 Å². The molecule has 0 fully saturated rings. The molecule has 1 unspecified atom stereocenters. The van der Waals surface area contributed by atoms with E-state index in [4.69, 9.17) is 15.2 Å². The lowest BCUT2D eigenvalue weighted by atomic mass is 10.3. The zero-order valence-corrected chi connectivity index (χ0v) is 11.0. The quantitative estimate of drug-likeness (QED) is 0.562. The summed E-state index contributed by atoms with van der Waals surface area (Å²) in [4.78, 5) is 0. The molecule has 0 rings (SSSR count). The number of rotatable bonds is 10. The van der Waals surface area contributed by atoms with Crippen LogP contribution in [0.5, 0.6) is 0 Å². The summed E-state index contributed by atoms with van der Waals surface area (Å²) in [7, 11) is -1.41. The van der Waals surface area contributed by atoms with Gasteiger partial charge >= 0.3 is 0 Å². The fraction of sp³-hybridized carbons (Fsp3) is 1.00. The van der Waals surface area contributed by atoms with Crippen molar-refractivity contribution in [2.75, 3.05) is 39.2 Å². The van der Waals surface area contributed by atoms with E-state index in [9.17, 15) is 8.42 Å². The Balaban J connectivity index is 3.66. The van der Waals surface area contributed by atoms with Gasteiger partial charge in [0.2, 0.25) is 0 Å². The van der Waals surface area contributed by atoms with Crippen LogP contribution >= 0.6 is 0 Å². The zero-order chi connectivity index (χ0) is 12.4. The van der Waals surface area contributed by atoms with E-state index in [2.05, 4.69) is 0 Å². The van der Waals surface area contributed by atoms with Crippen molar-refractivity contribution in [1.29, 1.82) is 0 Å². The van der Waals surface area contributed by atoms with Crippen molar-refractivity contribution in [2.45, 2.75) is 25.0 Å². The van der Waals surface area contributed by atoms with Crippen LogP contribution in [-0.4, -0.2) is 52.9 Å². The predicted molar refractivity (Wildman–Crippen MR) is 64.2 cm³/mol. The number of methoxy groups -OCH3 is 1. The van der Waals surface area contributed by atoms with Crippen molar-refractivity contribution in [1.82, 2.24) is 0 Å². The van der Waals surface area contributed by atoms with E-state index < -0.39 is 9.84 Å². The van der Waals surface area contributed by atoms with Gasteiger partial charge in [0.05, 0.1) is 24.2 Å². The first-order valence-electron chi connectivity index (χ1n) is 5.53. The molecule has 0 radical (unpaired) electrons. The molecule has 0 bridgehead atoms. The van der Waals surface area contributed by atoms with Gasteiger partial charge in [-0.3, -0.25) is 0 Å². The lowest BCUT2D eigenvalue weighted by Gasteiger charge is -2.11. The van der Waals surface area contributed by atoms with Gasteiger partial charge in [-0.25, -0.2) is 8.42 Å². The van der Waals surface area contributed by atoms with Crippen LogP contribution in [0.25, 0.3) is 0 Å². The van der Waals surface area contributed by atoms with Crippen LogP contribution in [0, 0.1) is 0 Å². The van der Waals surface area contributed by atoms with Crippen molar-refractivity contribution < 1.29 is 17.9 Å². The van der Waals surface area contributed by atoms with E-state index in [0.717, 1.165) is 0 Å². The summed E-state index contributed by atoms with van der Waals surface area (Å²) in [6.07, 6.45) is 1.05. The molecular formula is C10H23NO4S. The second-order valence-corrected chi connectivity index (χ2v) is 6.25. The minimum Gasteiger partial charge on any atom is -0.382 e. The van der Waals surface area contributed by atoms with Crippen molar-refractivity contribution >= 4 is 9.84 Å². The summed E-state index contributed by atoms with van der Waals surface area (Å²) in [5.41, 5.74) is 5.33. The molecule has 0 aliphatic carbocycles. The van der Waals surface area contributed by atoms with Gasteiger partial charge in [0.15, 0.2) is 9.84 Å². The molecule has 16 heavy (non-hydrogen) atoms. The van der Waals surface area contributed by atoms with Crippen LogP contribution in [0.3, 0.4) is 0 Å². The van der Waals surface area contributed by atoms with Crippen LogP contribution < -0.4 is 5.73 Å². The van der Waals surface area contributed by atoms with E-state index in [1.54, 1.807) is 14.0 Å². The van der Waals surface area contributed by atoms with Gasteiger partial charge in [-0.1, -0.05) is 0 Å². The molecular weight excluding hydrogens is 230 g/mol. The topological polar surface area (TPSA) is 78.6 Å². The Morgan fingerprint density at radius 1 is 1.25 bits per heavy atom.